The highest BCUT2D eigenvalue weighted by molar-refractivity contribution is 6.06. The van der Waals surface area contributed by atoms with Gasteiger partial charge in [0, 0.05) is 12.0 Å². The number of carbonyl (C=O) groups is 2. The predicted molar refractivity (Wildman–Crippen MR) is 57.7 cm³/mol. The molecule has 2 fully saturated rings. The number of nitrogens with zero attached hydrogens (tertiary/aromatic N) is 1. The maximum Gasteiger partial charge on any atom is 0.327 e. The second-order valence-electron chi connectivity index (χ2n) is 5.37. The fraction of sp³-hybridized carbons (Fsp3) is 0.818. The Hall–Kier alpha value is -1.10. The molecule has 1 spiro atoms. The predicted octanol–water partition coefficient (Wildman–Crippen LogP) is 1.23. The number of carbonyl (C=O) groups excluding carboxylic acids is 2. The Morgan fingerprint density at radius 1 is 1.31 bits per heavy atom. The van der Waals surface area contributed by atoms with Gasteiger partial charge in [0.25, 0.3) is 5.91 Å². The molecule has 2 rings (SSSR count). The minimum absolute atomic E-state index is 0.246. The molecule has 2 saturated heterocycles. The average molecular weight is 226 g/mol. The summed E-state index contributed by atoms with van der Waals surface area (Å²) in [5.74, 6) is -0.246. The molecule has 1 N–H and O–H groups in total. The molecule has 0 bridgehead atoms. The van der Waals surface area contributed by atoms with Gasteiger partial charge in [0.2, 0.25) is 5.72 Å². The molecule has 0 radical (unpaired) electrons. The molecule has 0 aromatic heterocycles. The topological polar surface area (TPSA) is 58.6 Å². The summed E-state index contributed by atoms with van der Waals surface area (Å²) in [5.41, 5.74) is -1.59. The number of amides is 3. The molecule has 3 amide bonds. The monoisotopic (exact) mass is 226 g/mol. The quantitative estimate of drug-likeness (QED) is 0.632. The molecule has 0 aromatic carbocycles. The highest BCUT2D eigenvalue weighted by Gasteiger charge is 2.55. The van der Waals surface area contributed by atoms with Gasteiger partial charge in [0.15, 0.2) is 0 Å². The van der Waals surface area contributed by atoms with Crippen molar-refractivity contribution in [2.75, 3.05) is 6.61 Å². The molecular formula is C11H18N2O3. The van der Waals surface area contributed by atoms with E-state index in [0.29, 0.717) is 13.0 Å². The summed E-state index contributed by atoms with van der Waals surface area (Å²) in [7, 11) is 0. The van der Waals surface area contributed by atoms with Crippen molar-refractivity contribution in [2.24, 2.45) is 0 Å². The van der Waals surface area contributed by atoms with E-state index in [-0.39, 0.29) is 11.9 Å². The van der Waals surface area contributed by atoms with Crippen LogP contribution >= 0.6 is 0 Å². The molecule has 2 heterocycles. The van der Waals surface area contributed by atoms with Crippen LogP contribution in [0, 0.1) is 0 Å². The van der Waals surface area contributed by atoms with Gasteiger partial charge in [-0.05, 0) is 33.6 Å². The fourth-order valence-electron chi connectivity index (χ4n) is 2.23. The van der Waals surface area contributed by atoms with E-state index < -0.39 is 11.3 Å². The molecule has 5 nitrogen and oxygen atoms in total. The van der Waals surface area contributed by atoms with Gasteiger partial charge < -0.3 is 10.1 Å². The van der Waals surface area contributed by atoms with E-state index in [2.05, 4.69) is 5.32 Å². The average Bonchev–Trinajstić information content (AvgIpc) is 2.38. The van der Waals surface area contributed by atoms with Crippen molar-refractivity contribution in [3.63, 3.8) is 0 Å². The summed E-state index contributed by atoms with van der Waals surface area (Å²) in [6.45, 7) is 6.05. The van der Waals surface area contributed by atoms with Gasteiger partial charge in [0.1, 0.15) is 0 Å². The number of ether oxygens (including phenoxy) is 1. The molecule has 5 heteroatoms. The van der Waals surface area contributed by atoms with Crippen LogP contribution < -0.4 is 5.32 Å². The zero-order valence-corrected chi connectivity index (χ0v) is 10.0. The lowest BCUT2D eigenvalue weighted by Gasteiger charge is -2.33. The molecule has 1 atom stereocenters. The first-order chi connectivity index (χ1) is 7.37. The van der Waals surface area contributed by atoms with Crippen molar-refractivity contribution in [3.05, 3.63) is 0 Å². The van der Waals surface area contributed by atoms with Crippen LogP contribution in [0.25, 0.3) is 0 Å². The summed E-state index contributed by atoms with van der Waals surface area (Å²) in [6.07, 6.45) is 2.43. The first-order valence-electron chi connectivity index (χ1n) is 5.68. The third kappa shape index (κ3) is 1.59. The van der Waals surface area contributed by atoms with Crippen molar-refractivity contribution in [1.29, 1.82) is 0 Å². The van der Waals surface area contributed by atoms with Gasteiger partial charge in [-0.2, -0.15) is 0 Å². The maximum absolute atomic E-state index is 12.3. The number of hydrogen-bond donors (Lipinski definition) is 1. The molecule has 2 aliphatic heterocycles. The standard InChI is InChI=1S/C11H18N2O3/c1-10(2,3)13-8(14)11(12-9(13)15)6-4-5-7-16-11/h4-7H2,1-3H3,(H,12,15). The molecule has 2 aliphatic rings. The zero-order chi connectivity index (χ0) is 12.0. The second kappa shape index (κ2) is 3.45. The maximum atomic E-state index is 12.3. The van der Waals surface area contributed by atoms with Crippen LogP contribution in [0.1, 0.15) is 40.0 Å². The lowest BCUT2D eigenvalue weighted by atomic mass is 10.0. The van der Waals surface area contributed by atoms with Crippen LogP contribution in [-0.2, 0) is 9.53 Å². The molecule has 0 aromatic rings. The SMILES string of the molecule is CC(C)(C)N1C(=O)NC2(CCCCO2)C1=O. The van der Waals surface area contributed by atoms with Crippen LogP contribution in [0.5, 0.6) is 0 Å². The first kappa shape index (κ1) is 11.4. The number of nitrogens with one attached hydrogen (secondary N) is 1. The van der Waals surface area contributed by atoms with E-state index in [0.717, 1.165) is 12.8 Å². The normalized spacial score (nSPS) is 31.1. The van der Waals surface area contributed by atoms with Gasteiger partial charge in [0.05, 0.1) is 6.61 Å². The molecular weight excluding hydrogens is 208 g/mol. The highest BCUT2D eigenvalue weighted by Crippen LogP contribution is 2.32. The Morgan fingerprint density at radius 2 is 2.00 bits per heavy atom. The number of urea groups is 1. The Kier molecular flexibility index (Phi) is 2.45. The molecule has 90 valence electrons. The van der Waals surface area contributed by atoms with Gasteiger partial charge in [-0.25, -0.2) is 4.79 Å². The summed E-state index contributed by atoms with van der Waals surface area (Å²) < 4.78 is 5.51. The smallest absolute Gasteiger partial charge is 0.327 e. The van der Waals surface area contributed by atoms with E-state index in [1.807, 2.05) is 20.8 Å². The Labute approximate surface area is 95.1 Å². The fourth-order valence-corrected chi connectivity index (χ4v) is 2.23. The Morgan fingerprint density at radius 3 is 2.44 bits per heavy atom. The molecule has 0 saturated carbocycles. The van der Waals surface area contributed by atoms with Crippen LogP contribution in [-0.4, -0.2) is 34.7 Å². The minimum atomic E-state index is -1.08. The van der Waals surface area contributed by atoms with Gasteiger partial charge in [-0.15, -0.1) is 0 Å². The molecule has 1 unspecified atom stereocenters. The van der Waals surface area contributed by atoms with Crippen molar-refractivity contribution >= 4 is 11.9 Å². The van der Waals surface area contributed by atoms with E-state index in [1.54, 1.807) is 0 Å². The largest absolute Gasteiger partial charge is 0.347 e. The van der Waals surface area contributed by atoms with E-state index >= 15 is 0 Å². The summed E-state index contributed by atoms with van der Waals surface area (Å²) in [6, 6.07) is -0.348. The van der Waals surface area contributed by atoms with Crippen LogP contribution in [0.2, 0.25) is 0 Å². The van der Waals surface area contributed by atoms with E-state index in [9.17, 15) is 9.59 Å². The van der Waals surface area contributed by atoms with Crippen molar-refractivity contribution in [2.45, 2.75) is 51.3 Å². The summed E-state index contributed by atoms with van der Waals surface area (Å²) in [5, 5.41) is 2.69. The third-order valence-corrected chi connectivity index (χ3v) is 3.00. The zero-order valence-electron chi connectivity index (χ0n) is 10.0. The number of imide groups is 1. The third-order valence-electron chi connectivity index (χ3n) is 3.00. The molecule has 16 heavy (non-hydrogen) atoms. The summed E-state index contributed by atoms with van der Waals surface area (Å²) in [4.78, 5) is 25.3. The minimum Gasteiger partial charge on any atom is -0.347 e. The van der Waals surface area contributed by atoms with Crippen LogP contribution in [0.3, 0.4) is 0 Å². The van der Waals surface area contributed by atoms with Gasteiger partial charge >= 0.3 is 6.03 Å². The van der Waals surface area contributed by atoms with E-state index in [1.165, 1.54) is 4.90 Å². The highest BCUT2D eigenvalue weighted by atomic mass is 16.5. The Bertz CT molecular complexity index is 327. The van der Waals surface area contributed by atoms with Crippen molar-refractivity contribution in [1.82, 2.24) is 10.2 Å². The van der Waals surface area contributed by atoms with E-state index in [4.69, 9.17) is 4.74 Å². The van der Waals surface area contributed by atoms with Crippen molar-refractivity contribution in [3.8, 4) is 0 Å². The molecule has 0 aliphatic carbocycles. The first-order valence-corrected chi connectivity index (χ1v) is 5.68. The summed E-state index contributed by atoms with van der Waals surface area (Å²) >= 11 is 0. The Balaban J connectivity index is 2.28. The lowest BCUT2D eigenvalue weighted by Crippen LogP contribution is -2.53. The number of hydrogen-bond acceptors (Lipinski definition) is 3. The number of rotatable bonds is 0. The van der Waals surface area contributed by atoms with Crippen LogP contribution in [0.4, 0.5) is 4.79 Å². The van der Waals surface area contributed by atoms with Crippen molar-refractivity contribution < 1.29 is 14.3 Å². The van der Waals surface area contributed by atoms with Gasteiger partial charge in [-0.1, -0.05) is 0 Å². The van der Waals surface area contributed by atoms with Crippen LogP contribution in [0.15, 0.2) is 0 Å². The second-order valence-corrected chi connectivity index (χ2v) is 5.37. The lowest BCUT2D eigenvalue weighted by molar-refractivity contribution is -0.160. The van der Waals surface area contributed by atoms with Gasteiger partial charge in [-0.3, -0.25) is 9.69 Å².